The van der Waals surface area contributed by atoms with E-state index in [2.05, 4.69) is 26.7 Å². The smallest absolute Gasteiger partial charge is 0.223 e. The minimum absolute atomic E-state index is 0.00744. The number of aliphatic hydroxyl groups is 1. The molecule has 0 spiro atoms. The van der Waals surface area contributed by atoms with Crippen LogP contribution in [0, 0.1) is 11.3 Å². The molecule has 3 rings (SSSR count). The quantitative estimate of drug-likeness (QED) is 0.746. The number of para-hydroxylation sites is 1. The number of benzene rings is 1. The van der Waals surface area contributed by atoms with Gasteiger partial charge in [-0.05, 0) is 18.2 Å². The maximum absolute atomic E-state index is 9.50. The van der Waals surface area contributed by atoms with E-state index in [-0.39, 0.29) is 6.61 Å². The lowest BCUT2D eigenvalue weighted by Gasteiger charge is -2.06. The maximum Gasteiger partial charge on any atom is 0.223 e. The Balaban J connectivity index is 1.93. The van der Waals surface area contributed by atoms with Gasteiger partial charge in [0.2, 0.25) is 5.95 Å². The van der Waals surface area contributed by atoms with Crippen LogP contribution < -0.4 is 10.6 Å². The van der Waals surface area contributed by atoms with Gasteiger partial charge in [-0.2, -0.15) is 5.26 Å². The molecule has 1 aliphatic heterocycles. The third-order valence-corrected chi connectivity index (χ3v) is 4.08. The largest absolute Gasteiger partial charge is 0.395 e. The van der Waals surface area contributed by atoms with E-state index < -0.39 is 0 Å². The first-order valence-corrected chi connectivity index (χ1v) is 7.50. The Hall–Kier alpha value is -2.56. The molecule has 0 radical (unpaired) electrons. The van der Waals surface area contributed by atoms with Crippen molar-refractivity contribution >= 4 is 29.0 Å². The Kier molecular flexibility index (Phi) is 4.23. The van der Waals surface area contributed by atoms with Gasteiger partial charge in [-0.25, -0.2) is 9.97 Å². The molecule has 0 amide bonds. The summed E-state index contributed by atoms with van der Waals surface area (Å²) < 4.78 is 0. The number of fused-ring (bicyclic) bond motifs is 1. The Labute approximate surface area is 131 Å². The summed E-state index contributed by atoms with van der Waals surface area (Å²) in [5, 5.41) is 25.2. The standard InChI is InChI=1S/C15H13N5OS/c16-9-10(11-5-6-17-15(20-11)18-7-8-21)14-19-12-3-1-2-4-13(12)22-14/h1-6,19,21H,7-8H2,(H,17,18,20)/b14-10+. The molecular weight excluding hydrogens is 298 g/mol. The highest BCUT2D eigenvalue weighted by molar-refractivity contribution is 8.04. The molecule has 7 heteroatoms. The Morgan fingerprint density at radius 3 is 3.00 bits per heavy atom. The van der Waals surface area contributed by atoms with Gasteiger partial charge in [0.15, 0.2) is 0 Å². The predicted molar refractivity (Wildman–Crippen MR) is 86.1 cm³/mol. The number of allylic oxidation sites excluding steroid dienone is 1. The van der Waals surface area contributed by atoms with E-state index in [0.717, 1.165) is 15.6 Å². The van der Waals surface area contributed by atoms with Gasteiger partial charge in [-0.15, -0.1) is 0 Å². The summed E-state index contributed by atoms with van der Waals surface area (Å²) in [6.07, 6.45) is 1.59. The first-order valence-electron chi connectivity index (χ1n) is 6.68. The maximum atomic E-state index is 9.50. The summed E-state index contributed by atoms with van der Waals surface area (Å²) >= 11 is 1.51. The van der Waals surface area contributed by atoms with E-state index in [1.165, 1.54) is 11.8 Å². The fourth-order valence-corrected chi connectivity index (χ4v) is 3.01. The highest BCUT2D eigenvalue weighted by atomic mass is 32.2. The Bertz CT molecular complexity index is 742. The fourth-order valence-electron chi connectivity index (χ4n) is 2.01. The van der Waals surface area contributed by atoms with Crippen molar-refractivity contribution in [3.8, 4) is 6.07 Å². The third-order valence-electron chi connectivity index (χ3n) is 2.99. The minimum Gasteiger partial charge on any atom is -0.395 e. The summed E-state index contributed by atoms with van der Waals surface area (Å²) in [7, 11) is 0. The highest BCUT2D eigenvalue weighted by Gasteiger charge is 2.20. The van der Waals surface area contributed by atoms with Crippen molar-refractivity contribution in [1.82, 2.24) is 9.97 Å². The van der Waals surface area contributed by atoms with E-state index in [4.69, 9.17) is 5.11 Å². The van der Waals surface area contributed by atoms with Crippen LogP contribution >= 0.6 is 11.8 Å². The molecule has 110 valence electrons. The van der Waals surface area contributed by atoms with E-state index >= 15 is 0 Å². The fraction of sp³-hybridized carbons (Fsp3) is 0.133. The van der Waals surface area contributed by atoms with E-state index in [9.17, 15) is 5.26 Å². The summed E-state index contributed by atoms with van der Waals surface area (Å²) in [4.78, 5) is 9.47. The molecule has 0 unspecified atom stereocenters. The van der Waals surface area contributed by atoms with E-state index in [1.54, 1.807) is 12.3 Å². The predicted octanol–water partition coefficient (Wildman–Crippen LogP) is 2.29. The number of aromatic nitrogens is 2. The molecule has 2 heterocycles. The SMILES string of the molecule is N#C/C(=C1/Nc2ccccc2S1)c1ccnc(NCCO)n1. The molecular formula is C15H13N5OS. The van der Waals surface area contributed by atoms with Crippen molar-refractivity contribution in [3.05, 3.63) is 47.3 Å². The molecule has 0 saturated heterocycles. The molecule has 1 aromatic carbocycles. The molecule has 1 aliphatic rings. The summed E-state index contributed by atoms with van der Waals surface area (Å²) in [6.45, 7) is 0.354. The second-order valence-corrected chi connectivity index (χ2v) is 5.51. The number of hydrogen-bond donors (Lipinski definition) is 3. The van der Waals surface area contributed by atoms with Gasteiger partial charge in [0.05, 0.1) is 23.0 Å². The van der Waals surface area contributed by atoms with Crippen LogP contribution in [0.15, 0.2) is 46.5 Å². The molecule has 22 heavy (non-hydrogen) atoms. The third kappa shape index (κ3) is 2.88. The summed E-state index contributed by atoms with van der Waals surface area (Å²) in [5.41, 5.74) is 2.00. The van der Waals surface area contributed by atoms with Gasteiger partial charge in [0, 0.05) is 17.6 Å². The van der Waals surface area contributed by atoms with Gasteiger partial charge in [0.1, 0.15) is 11.6 Å². The zero-order chi connectivity index (χ0) is 15.4. The monoisotopic (exact) mass is 311 g/mol. The van der Waals surface area contributed by atoms with Crippen molar-refractivity contribution in [3.63, 3.8) is 0 Å². The van der Waals surface area contributed by atoms with Crippen molar-refractivity contribution in [1.29, 1.82) is 5.26 Å². The van der Waals surface area contributed by atoms with Gasteiger partial charge in [-0.3, -0.25) is 0 Å². The number of hydrogen-bond acceptors (Lipinski definition) is 7. The van der Waals surface area contributed by atoms with Gasteiger partial charge < -0.3 is 15.7 Å². The summed E-state index contributed by atoms with van der Waals surface area (Å²) in [5.74, 6) is 0.389. The molecule has 6 nitrogen and oxygen atoms in total. The zero-order valence-corrected chi connectivity index (χ0v) is 12.4. The lowest BCUT2D eigenvalue weighted by atomic mass is 10.2. The first kappa shape index (κ1) is 14.4. The molecule has 0 saturated carbocycles. The van der Waals surface area contributed by atoms with Gasteiger partial charge in [-0.1, -0.05) is 23.9 Å². The molecule has 0 fully saturated rings. The Morgan fingerprint density at radius 1 is 1.36 bits per heavy atom. The second kappa shape index (κ2) is 6.47. The van der Waals surface area contributed by atoms with Crippen LogP contribution in [0.2, 0.25) is 0 Å². The minimum atomic E-state index is -0.00744. The molecule has 3 N–H and O–H groups in total. The average molecular weight is 311 g/mol. The first-order chi connectivity index (χ1) is 10.8. The molecule has 0 aliphatic carbocycles. The Morgan fingerprint density at radius 2 is 2.23 bits per heavy atom. The van der Waals surface area contributed by atoms with Gasteiger partial charge >= 0.3 is 0 Å². The highest BCUT2D eigenvalue weighted by Crippen LogP contribution is 2.43. The van der Waals surface area contributed by atoms with Crippen LogP contribution in [0.3, 0.4) is 0 Å². The number of nitrogens with zero attached hydrogens (tertiary/aromatic N) is 3. The van der Waals surface area contributed by atoms with Crippen molar-refractivity contribution in [2.24, 2.45) is 0 Å². The number of anilines is 2. The van der Waals surface area contributed by atoms with E-state index in [0.29, 0.717) is 23.8 Å². The van der Waals surface area contributed by atoms with Crippen molar-refractivity contribution in [2.75, 3.05) is 23.8 Å². The van der Waals surface area contributed by atoms with Gasteiger partial charge in [0.25, 0.3) is 0 Å². The topological polar surface area (TPSA) is 93.9 Å². The molecule has 2 aromatic rings. The lowest BCUT2D eigenvalue weighted by Crippen LogP contribution is -2.09. The number of nitriles is 1. The molecule has 1 aromatic heterocycles. The normalized spacial score (nSPS) is 14.7. The van der Waals surface area contributed by atoms with Crippen LogP contribution in [0.4, 0.5) is 11.6 Å². The molecule has 0 bridgehead atoms. The average Bonchev–Trinajstić information content (AvgIpc) is 2.97. The van der Waals surface area contributed by atoms with Crippen molar-refractivity contribution < 1.29 is 5.11 Å². The van der Waals surface area contributed by atoms with Crippen molar-refractivity contribution in [2.45, 2.75) is 4.90 Å². The van der Waals surface area contributed by atoms with Crippen LogP contribution in [-0.4, -0.2) is 28.2 Å². The lowest BCUT2D eigenvalue weighted by molar-refractivity contribution is 0.311. The van der Waals surface area contributed by atoms with Crippen LogP contribution in [0.1, 0.15) is 5.69 Å². The van der Waals surface area contributed by atoms with E-state index in [1.807, 2.05) is 24.3 Å². The number of rotatable bonds is 4. The number of aliphatic hydroxyl groups excluding tert-OH is 1. The van der Waals surface area contributed by atoms with Crippen LogP contribution in [0.5, 0.6) is 0 Å². The number of nitrogens with one attached hydrogen (secondary N) is 2. The second-order valence-electron chi connectivity index (χ2n) is 4.46. The number of thioether (sulfide) groups is 1. The zero-order valence-electron chi connectivity index (χ0n) is 11.6. The van der Waals surface area contributed by atoms with Crippen LogP contribution in [-0.2, 0) is 0 Å². The molecule has 0 atom stereocenters. The van der Waals surface area contributed by atoms with Crippen LogP contribution in [0.25, 0.3) is 5.57 Å². The summed E-state index contributed by atoms with van der Waals surface area (Å²) in [6, 6.07) is 11.8.